The number of esters is 2. The molecule has 0 fully saturated rings. The van der Waals surface area contributed by atoms with Crippen molar-refractivity contribution in [3.63, 3.8) is 0 Å². The van der Waals surface area contributed by atoms with Crippen LogP contribution in [-0.2, 0) is 52.9 Å². The zero-order valence-corrected chi connectivity index (χ0v) is 25.8. The Morgan fingerprint density at radius 1 is 0.667 bits per heavy atom. The number of rotatable bonds is 17. The zero-order valence-electron chi connectivity index (χ0n) is 24.4. The van der Waals surface area contributed by atoms with Crippen LogP contribution in [0.25, 0.3) is 0 Å². The fourth-order valence-corrected chi connectivity index (χ4v) is 4.92. The van der Waals surface area contributed by atoms with Gasteiger partial charge in [0.15, 0.2) is 0 Å². The molecule has 7 nitrogen and oxygen atoms in total. The molecule has 221 valence electrons. The molecule has 0 spiro atoms. The number of unbranched alkanes of at least 4 members (excludes halogenated alkanes) is 15. The van der Waals surface area contributed by atoms with Crippen molar-refractivity contribution >= 4 is 11.9 Å². The van der Waals surface area contributed by atoms with Gasteiger partial charge in [-0.3, -0.25) is 19.5 Å². The van der Waals surface area contributed by atoms with Gasteiger partial charge in [0.25, 0.3) is 0 Å². The molecule has 1 aromatic heterocycles. The summed E-state index contributed by atoms with van der Waals surface area (Å²) in [7, 11) is 0. The first-order valence-electron chi connectivity index (χ1n) is 15.3. The SMILES string of the molecule is CCCCCCCCCCCCCCCCCCN1CCOC(=O)Cc2cccc(n2)CC(=O)OCC1.[O]=[V]. The van der Waals surface area contributed by atoms with Crippen LogP contribution in [0.5, 0.6) is 0 Å². The van der Waals surface area contributed by atoms with Crippen LogP contribution < -0.4 is 0 Å². The third kappa shape index (κ3) is 20.0. The molecule has 0 radical (unpaired) electrons. The summed E-state index contributed by atoms with van der Waals surface area (Å²) in [5, 5.41) is 0. The second-order valence-corrected chi connectivity index (χ2v) is 10.6. The maximum atomic E-state index is 12.2. The molecule has 2 heterocycles. The molecular weight excluding hydrogens is 531 g/mol. The number of pyridine rings is 1. The number of nitrogens with zero attached hydrogens (tertiary/aromatic N) is 2. The van der Waals surface area contributed by atoms with Gasteiger partial charge in [0.2, 0.25) is 0 Å². The van der Waals surface area contributed by atoms with Crippen LogP contribution in [0.3, 0.4) is 0 Å². The molecule has 2 rings (SSSR count). The van der Waals surface area contributed by atoms with Crippen molar-refractivity contribution in [2.45, 2.75) is 122 Å². The summed E-state index contributed by atoms with van der Waals surface area (Å²) in [6, 6.07) is 5.38. The van der Waals surface area contributed by atoms with Crippen molar-refractivity contribution in [1.29, 1.82) is 0 Å². The summed E-state index contributed by atoms with van der Waals surface area (Å²) in [6.45, 7) is 5.25. The van der Waals surface area contributed by atoms with E-state index in [4.69, 9.17) is 13.1 Å². The molecule has 0 amide bonds. The van der Waals surface area contributed by atoms with Gasteiger partial charge in [-0.25, -0.2) is 0 Å². The standard InChI is InChI=1S/C31H52N2O4.O.V/c1-2-3-4-5-6-7-8-9-10-11-12-13-14-15-16-17-21-33-22-24-36-30(34)26-28-19-18-20-29(32-28)27-31(35)37-25-23-33;;/h18-20H,2-17,21-27H2,1H3;;. The molecule has 0 N–H and O–H groups in total. The average Bonchev–Trinajstić information content (AvgIpc) is 2.93. The van der Waals surface area contributed by atoms with E-state index in [1.807, 2.05) is 6.07 Å². The summed E-state index contributed by atoms with van der Waals surface area (Å²) in [5.41, 5.74) is 1.25. The Balaban J connectivity index is 0.00000371. The van der Waals surface area contributed by atoms with Crippen LogP contribution >= 0.6 is 0 Å². The Bertz CT molecular complexity index is 725. The van der Waals surface area contributed by atoms with Crippen molar-refractivity contribution in [2.24, 2.45) is 0 Å². The van der Waals surface area contributed by atoms with Crippen molar-refractivity contribution in [3.05, 3.63) is 29.6 Å². The summed E-state index contributed by atoms with van der Waals surface area (Å²) < 4.78 is 19.1. The second kappa shape index (κ2) is 25.4. The van der Waals surface area contributed by atoms with E-state index in [9.17, 15) is 9.59 Å². The van der Waals surface area contributed by atoms with Crippen LogP contribution in [-0.4, -0.2) is 54.7 Å². The number of aromatic nitrogens is 1. The van der Waals surface area contributed by atoms with Gasteiger partial charge in [-0.05, 0) is 25.1 Å². The predicted molar refractivity (Wildman–Crippen MR) is 150 cm³/mol. The Morgan fingerprint density at radius 3 is 1.46 bits per heavy atom. The van der Waals surface area contributed by atoms with E-state index in [2.05, 4.69) is 16.8 Å². The average molecular weight is 584 g/mol. The van der Waals surface area contributed by atoms with Gasteiger partial charge in [0.05, 0.1) is 24.2 Å². The van der Waals surface area contributed by atoms with Crippen LogP contribution in [0, 0.1) is 0 Å². The van der Waals surface area contributed by atoms with Gasteiger partial charge in [-0.2, -0.15) is 0 Å². The minimum atomic E-state index is -0.272. The second-order valence-electron chi connectivity index (χ2n) is 10.6. The summed E-state index contributed by atoms with van der Waals surface area (Å²) in [5.74, 6) is -0.543. The summed E-state index contributed by atoms with van der Waals surface area (Å²) >= 11 is 1.06. The molecule has 0 aliphatic carbocycles. The number of cyclic esters (lactones) is 2. The Hall–Kier alpha value is -1.57. The van der Waals surface area contributed by atoms with Gasteiger partial charge in [-0.15, -0.1) is 0 Å². The van der Waals surface area contributed by atoms with E-state index >= 15 is 0 Å². The number of carbonyl (C=O) groups excluding carboxylic acids is 2. The number of ether oxygens (including phenoxy) is 2. The quantitative estimate of drug-likeness (QED) is 0.149. The van der Waals surface area contributed by atoms with E-state index < -0.39 is 0 Å². The molecule has 8 heteroatoms. The van der Waals surface area contributed by atoms with Crippen LogP contribution in [0.1, 0.15) is 121 Å². The summed E-state index contributed by atoms with van der Waals surface area (Å²) in [6.07, 6.45) is 22.0. The molecule has 1 aromatic rings. The Labute approximate surface area is 246 Å². The zero-order chi connectivity index (χ0) is 28.4. The first-order chi connectivity index (χ1) is 19.2. The van der Waals surface area contributed by atoms with Crippen molar-refractivity contribution in [3.8, 4) is 0 Å². The van der Waals surface area contributed by atoms with Gasteiger partial charge >= 0.3 is 33.0 Å². The van der Waals surface area contributed by atoms with Crippen molar-refractivity contribution < 1.29 is 40.1 Å². The molecular formula is C31H52N2O5V. The topological polar surface area (TPSA) is 85.8 Å². The van der Waals surface area contributed by atoms with Gasteiger partial charge < -0.3 is 9.47 Å². The van der Waals surface area contributed by atoms with E-state index in [0.29, 0.717) is 37.7 Å². The number of hydrogen-bond acceptors (Lipinski definition) is 7. The number of carbonyl (C=O) groups is 2. The number of fused-ring (bicyclic) bond motifs is 2. The summed E-state index contributed by atoms with van der Waals surface area (Å²) in [4.78, 5) is 31.0. The van der Waals surface area contributed by atoms with Gasteiger partial charge in [0, 0.05) is 13.1 Å². The molecule has 0 saturated heterocycles. The monoisotopic (exact) mass is 583 g/mol. The Morgan fingerprint density at radius 2 is 1.05 bits per heavy atom. The van der Waals surface area contributed by atoms with Gasteiger partial charge in [-0.1, -0.05) is 109 Å². The predicted octanol–water partition coefficient (Wildman–Crippen LogP) is 6.71. The molecule has 39 heavy (non-hydrogen) atoms. The van der Waals surface area contributed by atoms with E-state index in [0.717, 1.165) is 30.3 Å². The molecule has 2 bridgehead atoms. The molecule has 0 unspecified atom stereocenters. The molecule has 0 aromatic carbocycles. The van der Waals surface area contributed by atoms with Crippen LogP contribution in [0.2, 0.25) is 0 Å². The van der Waals surface area contributed by atoms with Crippen LogP contribution in [0.15, 0.2) is 18.2 Å². The fourth-order valence-electron chi connectivity index (χ4n) is 4.92. The normalized spacial score (nSPS) is 15.0. The van der Waals surface area contributed by atoms with E-state index in [1.165, 1.54) is 96.3 Å². The molecule has 0 saturated carbocycles. The minimum absolute atomic E-state index is 0.127. The number of hydrogen-bond donors (Lipinski definition) is 0. The fraction of sp³-hybridized carbons (Fsp3) is 0.774. The molecule has 1 aliphatic rings. The molecule has 0 atom stereocenters. The Kier molecular flexibility index (Phi) is 23.1. The van der Waals surface area contributed by atoms with Crippen LogP contribution in [0.4, 0.5) is 0 Å². The van der Waals surface area contributed by atoms with E-state index in [1.54, 1.807) is 12.1 Å². The van der Waals surface area contributed by atoms with Crippen molar-refractivity contribution in [2.75, 3.05) is 32.8 Å². The molecule has 1 aliphatic heterocycles. The maximum absolute atomic E-state index is 12.2. The van der Waals surface area contributed by atoms with E-state index in [-0.39, 0.29) is 24.8 Å². The van der Waals surface area contributed by atoms with Gasteiger partial charge in [0.1, 0.15) is 13.2 Å². The third-order valence-electron chi connectivity index (χ3n) is 7.18. The third-order valence-corrected chi connectivity index (χ3v) is 7.18. The first-order valence-corrected chi connectivity index (χ1v) is 15.9. The van der Waals surface area contributed by atoms with Crippen molar-refractivity contribution in [1.82, 2.24) is 9.88 Å². The first kappa shape index (κ1) is 35.5.